The van der Waals surface area contributed by atoms with Crippen molar-refractivity contribution in [3.05, 3.63) is 142 Å². The maximum Gasteiger partial charge on any atom is 0.121 e. The second kappa shape index (κ2) is 13.6. The van der Waals surface area contributed by atoms with Crippen molar-refractivity contribution in [1.29, 1.82) is 0 Å². The first-order valence-corrected chi connectivity index (χ1v) is 15.2. The van der Waals surface area contributed by atoms with Crippen molar-refractivity contribution in [1.82, 2.24) is 0 Å². The summed E-state index contributed by atoms with van der Waals surface area (Å²) < 4.78 is 31.2. The molecule has 0 saturated carbocycles. The number of aromatic hydroxyl groups is 1. The van der Waals surface area contributed by atoms with Crippen LogP contribution in [0.25, 0.3) is 16.3 Å². The Balaban J connectivity index is 0.00000384. The third-order valence-corrected chi connectivity index (χ3v) is 8.74. The second-order valence-electron chi connectivity index (χ2n) is 11.4. The van der Waals surface area contributed by atoms with Gasteiger partial charge in [0.2, 0.25) is 0 Å². The molecule has 0 aromatic heterocycles. The van der Waals surface area contributed by atoms with Crippen LogP contribution in [0.5, 0.6) is 5.75 Å². The first-order valence-electron chi connectivity index (χ1n) is 15.2. The van der Waals surface area contributed by atoms with Gasteiger partial charge in [-0.3, -0.25) is 8.78 Å². The van der Waals surface area contributed by atoms with Crippen molar-refractivity contribution in [3.63, 3.8) is 0 Å². The largest absolute Gasteiger partial charge is 0.676 e. The van der Waals surface area contributed by atoms with Crippen LogP contribution in [0.15, 0.2) is 96.8 Å². The number of halogens is 2. The maximum atomic E-state index is 15.6. The molecule has 0 saturated heterocycles. The smallest absolute Gasteiger partial charge is 0.121 e. The molecule has 2 unspecified atom stereocenters. The number of fused-ring (bicyclic) bond motifs is 2. The number of para-hydroxylation sites is 1. The van der Waals surface area contributed by atoms with E-state index >= 15 is 8.78 Å². The van der Waals surface area contributed by atoms with Crippen LogP contribution in [0.3, 0.4) is 0 Å². The first kappa shape index (κ1) is 31.8. The van der Waals surface area contributed by atoms with Crippen molar-refractivity contribution in [3.8, 4) is 5.75 Å². The number of phenolic OH excluding ortho intramolecular Hbond substituents is 1. The monoisotopic (exact) mass is 771 g/mol. The molecule has 1 N–H and O–H groups in total. The topological polar surface area (TPSA) is 51.7 Å². The molecule has 2 heterocycles. The van der Waals surface area contributed by atoms with E-state index in [1.54, 1.807) is 17.2 Å². The molecule has 6 rings (SSSR count). The molecular weight excluding hydrogens is 736 g/mol. The van der Waals surface area contributed by atoms with Gasteiger partial charge in [0.1, 0.15) is 5.75 Å². The minimum absolute atomic E-state index is 0. The summed E-state index contributed by atoms with van der Waals surface area (Å²) in [4.78, 5) is 1.72. The number of anilines is 2. The van der Waals surface area contributed by atoms with E-state index < -0.39 is 23.8 Å². The van der Waals surface area contributed by atoms with Crippen molar-refractivity contribution in [2.45, 2.75) is 70.0 Å². The van der Waals surface area contributed by atoms with Gasteiger partial charge in [-0.2, -0.15) is 12.3 Å². The standard InChI is InChI=1S/C37H36F2N3O.Pt/c1-3-5-20-37(21-6-4-2)27-15-12-16-33(43)35(27)36-28(37)18-19-31(41-36)26-23-32(30(39)24-29(26)38)42(25-13-8-7-9-14-25)34-17-10-11-22-40-34;/h7-19,22,24,31,34,43H,3-6,20-21H2,1-2H3;/q-3;. The van der Waals surface area contributed by atoms with Crippen LogP contribution in [-0.4, -0.2) is 11.3 Å². The van der Waals surface area contributed by atoms with Crippen molar-refractivity contribution in [2.75, 3.05) is 4.90 Å². The number of unbranched alkanes of at least 4 members (excludes halogenated alkanes) is 2. The van der Waals surface area contributed by atoms with E-state index in [-0.39, 0.29) is 43.5 Å². The van der Waals surface area contributed by atoms with Gasteiger partial charge in [0.05, 0.1) is 0 Å². The van der Waals surface area contributed by atoms with Crippen LogP contribution in [0.2, 0.25) is 0 Å². The summed E-state index contributed by atoms with van der Waals surface area (Å²) in [5, 5.41) is 20.7. The molecule has 4 nitrogen and oxygen atoms in total. The molecule has 0 bridgehead atoms. The van der Waals surface area contributed by atoms with Gasteiger partial charge in [0.15, 0.2) is 0 Å². The molecule has 0 amide bonds. The maximum absolute atomic E-state index is 15.6. The zero-order chi connectivity index (χ0) is 30.0. The number of rotatable bonds is 10. The summed E-state index contributed by atoms with van der Waals surface area (Å²) in [6.07, 6.45) is 16.7. The Morgan fingerprint density at radius 1 is 0.932 bits per heavy atom. The predicted octanol–water partition coefficient (Wildman–Crippen LogP) is 10.4. The third-order valence-electron chi connectivity index (χ3n) is 8.74. The van der Waals surface area contributed by atoms with E-state index in [9.17, 15) is 5.11 Å². The number of hydrogen-bond donors (Lipinski definition) is 1. The van der Waals surface area contributed by atoms with Crippen molar-refractivity contribution in [2.24, 2.45) is 0 Å². The fourth-order valence-electron chi connectivity index (χ4n) is 6.67. The van der Waals surface area contributed by atoms with E-state index in [4.69, 9.17) is 5.32 Å². The molecule has 7 heteroatoms. The average molecular weight is 772 g/mol. The number of phenols is 1. The van der Waals surface area contributed by atoms with Gasteiger partial charge in [0, 0.05) is 49.4 Å². The molecule has 2 aliphatic heterocycles. The van der Waals surface area contributed by atoms with Crippen LogP contribution in [0.4, 0.5) is 20.2 Å². The summed E-state index contributed by atoms with van der Waals surface area (Å²) in [6, 6.07) is 18.3. The molecule has 0 fully saturated rings. The molecule has 0 radical (unpaired) electrons. The van der Waals surface area contributed by atoms with Gasteiger partial charge in [-0.05, 0) is 48.5 Å². The molecule has 3 aromatic rings. The van der Waals surface area contributed by atoms with E-state index in [0.717, 1.165) is 61.3 Å². The van der Waals surface area contributed by atoms with Gasteiger partial charge >= 0.3 is 0 Å². The zero-order valence-electron chi connectivity index (χ0n) is 24.9. The van der Waals surface area contributed by atoms with Crippen molar-refractivity contribution < 1.29 is 35.0 Å². The Labute approximate surface area is 273 Å². The molecule has 232 valence electrons. The minimum atomic E-state index is -0.741. The van der Waals surface area contributed by atoms with Crippen LogP contribution < -0.4 is 4.90 Å². The van der Waals surface area contributed by atoms with Gasteiger partial charge in [-0.25, -0.2) is 0 Å². The normalized spacial score (nSPS) is 19.1. The SMILES string of the molecule is CCCCC1(CCCC)C2=C([N-]C(c3[c-]c(N(c4ccccc4)C4C=CC=C[N-]4)c(F)cc3F)C=C2)c2c(O)cccc21.[Pt]. The van der Waals surface area contributed by atoms with Gasteiger partial charge in [-0.1, -0.05) is 112 Å². The summed E-state index contributed by atoms with van der Waals surface area (Å²) in [7, 11) is 0. The van der Waals surface area contributed by atoms with Gasteiger partial charge < -0.3 is 20.6 Å². The Morgan fingerprint density at radius 2 is 1.68 bits per heavy atom. The predicted molar refractivity (Wildman–Crippen MR) is 170 cm³/mol. The summed E-state index contributed by atoms with van der Waals surface area (Å²) >= 11 is 0. The fourth-order valence-corrected chi connectivity index (χ4v) is 6.67. The Bertz CT molecular complexity index is 1610. The molecule has 0 spiro atoms. The molecule has 44 heavy (non-hydrogen) atoms. The fraction of sp³-hybridized carbons (Fsp3) is 0.297. The third kappa shape index (κ3) is 5.65. The Morgan fingerprint density at radius 3 is 2.36 bits per heavy atom. The number of allylic oxidation sites excluding steroid dienone is 4. The second-order valence-corrected chi connectivity index (χ2v) is 11.4. The molecule has 3 aromatic carbocycles. The molecule has 3 aliphatic rings. The summed E-state index contributed by atoms with van der Waals surface area (Å²) in [5.74, 6) is -1.27. The Kier molecular flexibility index (Phi) is 9.80. The number of hydrogen-bond acceptors (Lipinski definition) is 2. The van der Waals surface area contributed by atoms with Gasteiger partial charge in [0.25, 0.3) is 0 Å². The van der Waals surface area contributed by atoms with Crippen molar-refractivity contribution >= 4 is 17.1 Å². The minimum Gasteiger partial charge on any atom is -0.676 e. The molecular formula is C37H36F2N3OPt-3. The quantitative estimate of drug-likeness (QED) is 0.209. The van der Waals surface area contributed by atoms with E-state index in [1.165, 1.54) is 0 Å². The number of nitrogens with zero attached hydrogens (tertiary/aromatic N) is 3. The zero-order valence-corrected chi connectivity index (χ0v) is 27.2. The van der Waals surface area contributed by atoms with Gasteiger partial charge in [-0.15, -0.1) is 17.3 Å². The summed E-state index contributed by atoms with van der Waals surface area (Å²) in [5.41, 5.74) is 4.27. The van der Waals surface area contributed by atoms with E-state index in [2.05, 4.69) is 37.4 Å². The average Bonchev–Trinajstić information content (AvgIpc) is 3.31. The molecule has 1 aliphatic carbocycles. The summed E-state index contributed by atoms with van der Waals surface area (Å²) in [6.45, 7) is 4.38. The number of benzene rings is 3. The van der Waals surface area contributed by atoms with Crippen LogP contribution >= 0.6 is 0 Å². The first-order chi connectivity index (χ1) is 21.0. The van der Waals surface area contributed by atoms with Crippen LogP contribution in [-0.2, 0) is 26.5 Å². The van der Waals surface area contributed by atoms with E-state index in [1.807, 2.05) is 60.7 Å². The molecule has 2 atom stereocenters. The Hall–Kier alpha value is -3.63. The van der Waals surface area contributed by atoms with Crippen LogP contribution in [0, 0.1) is 17.7 Å². The van der Waals surface area contributed by atoms with Crippen LogP contribution in [0.1, 0.15) is 75.1 Å². The van der Waals surface area contributed by atoms with E-state index in [0.29, 0.717) is 11.4 Å².